The lowest BCUT2D eigenvalue weighted by Gasteiger charge is -2.04. The van der Waals surface area contributed by atoms with Gasteiger partial charge in [-0.2, -0.15) is 0 Å². The molecule has 2 aromatic rings. The van der Waals surface area contributed by atoms with Crippen molar-refractivity contribution in [3.63, 3.8) is 0 Å². The van der Waals surface area contributed by atoms with Crippen LogP contribution in [-0.4, -0.2) is 4.98 Å². The van der Waals surface area contributed by atoms with E-state index in [0.29, 0.717) is 0 Å². The highest BCUT2D eigenvalue weighted by Gasteiger charge is 2.12. The van der Waals surface area contributed by atoms with Crippen molar-refractivity contribution < 1.29 is 4.57 Å². The molecule has 0 unspecified atom stereocenters. The van der Waals surface area contributed by atoms with Crippen molar-refractivity contribution in [2.45, 2.75) is 26.7 Å². The van der Waals surface area contributed by atoms with Crippen molar-refractivity contribution in [1.29, 1.82) is 0 Å². The molecule has 0 atom stereocenters. The van der Waals surface area contributed by atoms with Crippen molar-refractivity contribution in [3.05, 3.63) is 59.2 Å². The Kier molecular flexibility index (Phi) is 3.52. The molecule has 0 aliphatic rings. The van der Waals surface area contributed by atoms with E-state index in [9.17, 15) is 0 Å². The molecule has 0 saturated carbocycles. The summed E-state index contributed by atoms with van der Waals surface area (Å²) in [6, 6.07) is 12.7. The SMILES string of the molecule is CCc1cc(Cc2ccccc2)nc(C)[n+]1C. The molecule has 0 bridgehead atoms. The van der Waals surface area contributed by atoms with Crippen molar-refractivity contribution in [2.24, 2.45) is 7.05 Å². The van der Waals surface area contributed by atoms with Gasteiger partial charge in [0.2, 0.25) is 0 Å². The molecule has 0 fully saturated rings. The van der Waals surface area contributed by atoms with Crippen molar-refractivity contribution in [3.8, 4) is 0 Å². The normalized spacial score (nSPS) is 10.5. The minimum Gasteiger partial charge on any atom is -0.235 e. The maximum Gasteiger partial charge on any atom is 0.295 e. The molecule has 1 aromatic heterocycles. The second-order valence-electron chi connectivity index (χ2n) is 4.36. The minimum atomic E-state index is 0.912. The lowest BCUT2D eigenvalue weighted by atomic mass is 10.1. The summed E-state index contributed by atoms with van der Waals surface area (Å²) in [7, 11) is 2.08. The average molecular weight is 227 g/mol. The Balaban J connectivity index is 2.31. The van der Waals surface area contributed by atoms with E-state index in [1.54, 1.807) is 0 Å². The summed E-state index contributed by atoms with van der Waals surface area (Å²) in [6.45, 7) is 4.24. The first kappa shape index (κ1) is 11.8. The van der Waals surface area contributed by atoms with E-state index in [0.717, 1.165) is 24.4 Å². The zero-order valence-electron chi connectivity index (χ0n) is 10.8. The van der Waals surface area contributed by atoms with Crippen molar-refractivity contribution in [1.82, 2.24) is 4.98 Å². The fraction of sp³-hybridized carbons (Fsp3) is 0.333. The summed E-state index contributed by atoms with van der Waals surface area (Å²) >= 11 is 0. The first-order valence-electron chi connectivity index (χ1n) is 6.10. The van der Waals surface area contributed by atoms with Crippen LogP contribution in [-0.2, 0) is 19.9 Å². The molecule has 88 valence electrons. The van der Waals surface area contributed by atoms with Gasteiger partial charge in [-0.1, -0.05) is 42.2 Å². The molecule has 0 saturated heterocycles. The lowest BCUT2D eigenvalue weighted by Crippen LogP contribution is -2.38. The predicted octanol–water partition coefficient (Wildman–Crippen LogP) is 2.37. The van der Waals surface area contributed by atoms with E-state index in [1.807, 2.05) is 6.07 Å². The average Bonchev–Trinajstić information content (AvgIpc) is 2.35. The Morgan fingerprint density at radius 3 is 2.53 bits per heavy atom. The Morgan fingerprint density at radius 1 is 1.18 bits per heavy atom. The van der Waals surface area contributed by atoms with Crippen molar-refractivity contribution in [2.75, 3.05) is 0 Å². The van der Waals surface area contributed by atoms with Gasteiger partial charge in [0.25, 0.3) is 5.82 Å². The van der Waals surface area contributed by atoms with E-state index in [4.69, 9.17) is 0 Å². The van der Waals surface area contributed by atoms with Crippen LogP contribution in [0.1, 0.15) is 29.7 Å². The molecule has 0 aliphatic heterocycles. The van der Waals surface area contributed by atoms with Gasteiger partial charge < -0.3 is 0 Å². The molecule has 0 spiro atoms. The second kappa shape index (κ2) is 5.09. The second-order valence-corrected chi connectivity index (χ2v) is 4.36. The van der Waals surface area contributed by atoms with E-state index in [1.165, 1.54) is 11.3 Å². The third-order valence-corrected chi connectivity index (χ3v) is 3.15. The molecule has 2 heteroatoms. The van der Waals surface area contributed by atoms with Gasteiger partial charge in [0.05, 0.1) is 7.05 Å². The fourth-order valence-corrected chi connectivity index (χ4v) is 2.05. The van der Waals surface area contributed by atoms with Gasteiger partial charge in [-0.25, -0.2) is 4.57 Å². The summed E-state index contributed by atoms with van der Waals surface area (Å²) in [5, 5.41) is 0. The lowest BCUT2D eigenvalue weighted by molar-refractivity contribution is -0.688. The summed E-state index contributed by atoms with van der Waals surface area (Å²) in [5.41, 5.74) is 3.81. The van der Waals surface area contributed by atoms with Crippen LogP contribution in [0.5, 0.6) is 0 Å². The number of aromatic nitrogens is 2. The van der Waals surface area contributed by atoms with Gasteiger partial charge in [0.1, 0.15) is 5.69 Å². The van der Waals surface area contributed by atoms with Gasteiger partial charge >= 0.3 is 0 Å². The number of aryl methyl sites for hydroxylation is 2. The van der Waals surface area contributed by atoms with E-state index in [-0.39, 0.29) is 0 Å². The quantitative estimate of drug-likeness (QED) is 0.736. The summed E-state index contributed by atoms with van der Waals surface area (Å²) < 4.78 is 2.16. The number of hydrogen-bond acceptors (Lipinski definition) is 1. The molecule has 0 N–H and O–H groups in total. The zero-order chi connectivity index (χ0) is 12.3. The Morgan fingerprint density at radius 2 is 1.88 bits per heavy atom. The molecule has 2 nitrogen and oxygen atoms in total. The first-order valence-corrected chi connectivity index (χ1v) is 6.10. The highest BCUT2D eigenvalue weighted by atomic mass is 15.0. The molecule has 0 amide bonds. The van der Waals surface area contributed by atoms with Crippen LogP contribution < -0.4 is 4.57 Å². The number of nitrogens with zero attached hydrogens (tertiary/aromatic N) is 2. The maximum absolute atomic E-state index is 4.64. The largest absolute Gasteiger partial charge is 0.295 e. The van der Waals surface area contributed by atoms with E-state index >= 15 is 0 Å². The minimum absolute atomic E-state index is 0.912. The van der Waals surface area contributed by atoms with Crippen LogP contribution in [0.4, 0.5) is 0 Å². The Hall–Kier alpha value is -1.70. The molecule has 0 radical (unpaired) electrons. The Labute approximate surface area is 103 Å². The highest BCUT2D eigenvalue weighted by Crippen LogP contribution is 2.08. The molecular formula is C15H19N2+. The van der Waals surface area contributed by atoms with Gasteiger partial charge in [0.15, 0.2) is 5.69 Å². The highest BCUT2D eigenvalue weighted by molar-refractivity contribution is 5.21. The molecule has 0 aliphatic carbocycles. The molecule has 2 rings (SSSR count). The van der Waals surface area contributed by atoms with E-state index in [2.05, 4.69) is 60.8 Å². The van der Waals surface area contributed by atoms with Crippen molar-refractivity contribution >= 4 is 0 Å². The van der Waals surface area contributed by atoms with E-state index < -0.39 is 0 Å². The molecule has 1 heterocycles. The predicted molar refractivity (Wildman–Crippen MR) is 68.8 cm³/mol. The molecular weight excluding hydrogens is 208 g/mol. The van der Waals surface area contributed by atoms with Crippen LogP contribution in [0, 0.1) is 6.92 Å². The summed E-state index contributed by atoms with van der Waals surface area (Å²) in [6.07, 6.45) is 1.96. The van der Waals surface area contributed by atoms with Gasteiger partial charge in [-0.15, -0.1) is 0 Å². The van der Waals surface area contributed by atoms with Crippen LogP contribution >= 0.6 is 0 Å². The standard InChI is InChI=1S/C15H19N2/c1-4-15-11-14(16-12(2)17(15)3)10-13-8-6-5-7-9-13/h5-9,11H,4,10H2,1-3H3/q+1. The fourth-order valence-electron chi connectivity index (χ4n) is 2.05. The number of benzene rings is 1. The summed E-state index contributed by atoms with van der Waals surface area (Å²) in [4.78, 5) is 4.64. The summed E-state index contributed by atoms with van der Waals surface area (Å²) in [5.74, 6) is 1.08. The zero-order valence-corrected chi connectivity index (χ0v) is 10.8. The third kappa shape index (κ3) is 2.70. The molecule has 17 heavy (non-hydrogen) atoms. The van der Waals surface area contributed by atoms with Gasteiger partial charge in [0, 0.05) is 25.8 Å². The van der Waals surface area contributed by atoms with Crippen LogP contribution in [0.3, 0.4) is 0 Å². The first-order chi connectivity index (χ1) is 8.20. The maximum atomic E-state index is 4.64. The molecule has 1 aromatic carbocycles. The topological polar surface area (TPSA) is 16.8 Å². The van der Waals surface area contributed by atoms with Gasteiger partial charge in [-0.3, -0.25) is 0 Å². The van der Waals surface area contributed by atoms with Gasteiger partial charge in [-0.05, 0) is 5.56 Å². The van der Waals surface area contributed by atoms with Crippen LogP contribution in [0.25, 0.3) is 0 Å². The Bertz CT molecular complexity index is 504. The number of hydrogen-bond donors (Lipinski definition) is 0. The van der Waals surface area contributed by atoms with Crippen LogP contribution in [0.15, 0.2) is 36.4 Å². The number of rotatable bonds is 3. The van der Waals surface area contributed by atoms with Crippen LogP contribution in [0.2, 0.25) is 0 Å². The smallest absolute Gasteiger partial charge is 0.235 e. The third-order valence-electron chi connectivity index (χ3n) is 3.15. The monoisotopic (exact) mass is 227 g/mol.